The van der Waals surface area contributed by atoms with Crippen LogP contribution < -0.4 is 0 Å². The fourth-order valence-electron chi connectivity index (χ4n) is 5.84. The van der Waals surface area contributed by atoms with Crippen molar-refractivity contribution in [3.8, 4) is 0 Å². The Morgan fingerprint density at radius 3 is 1.03 bits per heavy atom. The molecule has 6 rings (SSSR count). The summed E-state index contributed by atoms with van der Waals surface area (Å²) < 4.78 is 0. The van der Waals surface area contributed by atoms with Gasteiger partial charge in [-0.3, -0.25) is 4.90 Å². The zero-order valence-corrected chi connectivity index (χ0v) is 20.1. The molecule has 1 aliphatic rings. The summed E-state index contributed by atoms with van der Waals surface area (Å²) in [6.07, 6.45) is 0. The summed E-state index contributed by atoms with van der Waals surface area (Å²) >= 11 is 0. The lowest BCUT2D eigenvalue weighted by Crippen LogP contribution is -2.44. The lowest BCUT2D eigenvalue weighted by molar-refractivity contribution is 0.0551. The molecule has 0 saturated carbocycles. The third-order valence-electron chi connectivity index (χ3n) is 7.53. The molecule has 0 aromatic heterocycles. The zero-order chi connectivity index (χ0) is 24.4. The molecule has 5 aromatic rings. The lowest BCUT2D eigenvalue weighted by Gasteiger charge is -2.40. The van der Waals surface area contributed by atoms with Crippen molar-refractivity contribution >= 4 is 0 Å². The van der Waals surface area contributed by atoms with Crippen LogP contribution in [0.4, 0.5) is 0 Å². The average molecular weight is 468 g/mol. The maximum Gasteiger partial charge on any atom is 0.131 e. The van der Waals surface area contributed by atoms with Crippen LogP contribution in [0.3, 0.4) is 0 Å². The largest absolute Gasteiger partial charge is 0.379 e. The van der Waals surface area contributed by atoms with E-state index in [-0.39, 0.29) is 6.04 Å². The van der Waals surface area contributed by atoms with Crippen LogP contribution in [0, 0.1) is 0 Å². The van der Waals surface area contributed by atoms with Gasteiger partial charge in [0.15, 0.2) is 0 Å². The number of rotatable bonds is 7. The van der Waals surface area contributed by atoms with Crippen molar-refractivity contribution in [2.45, 2.75) is 17.2 Å². The van der Waals surface area contributed by atoms with Gasteiger partial charge in [-0.05, 0) is 27.8 Å². The Labute approximate surface area is 213 Å². The van der Waals surface area contributed by atoms with E-state index in [1.54, 1.807) is 0 Å². The Balaban J connectivity index is 1.59. The first-order valence-corrected chi connectivity index (χ1v) is 12.5. The highest BCUT2D eigenvalue weighted by Crippen LogP contribution is 2.53. The average Bonchev–Trinajstić information content (AvgIpc) is 3.78. The van der Waals surface area contributed by atoms with Gasteiger partial charge in [0.25, 0.3) is 0 Å². The summed E-state index contributed by atoms with van der Waals surface area (Å²) in [5, 5.41) is 12.6. The van der Waals surface area contributed by atoms with Crippen molar-refractivity contribution < 1.29 is 5.11 Å². The molecule has 176 valence electrons. The first-order chi connectivity index (χ1) is 17.8. The minimum absolute atomic E-state index is 0.122. The fraction of sp³-hybridized carbons (Fsp3) is 0.118. The first kappa shape index (κ1) is 22.5. The molecule has 1 aliphatic heterocycles. The van der Waals surface area contributed by atoms with Gasteiger partial charge in [-0.1, -0.05) is 152 Å². The van der Waals surface area contributed by atoms with Gasteiger partial charge in [-0.2, -0.15) is 0 Å². The van der Waals surface area contributed by atoms with Gasteiger partial charge in [0, 0.05) is 6.54 Å². The summed E-state index contributed by atoms with van der Waals surface area (Å²) in [6.45, 7) is 0.749. The van der Waals surface area contributed by atoms with Crippen molar-refractivity contribution in [3.05, 3.63) is 179 Å². The molecule has 1 fully saturated rings. The van der Waals surface area contributed by atoms with E-state index in [2.05, 4.69) is 95.9 Å². The van der Waals surface area contributed by atoms with E-state index in [1.807, 2.05) is 60.7 Å². The number of hydrogen-bond donors (Lipinski definition) is 1. The van der Waals surface area contributed by atoms with Crippen molar-refractivity contribution in [1.82, 2.24) is 4.90 Å². The van der Waals surface area contributed by atoms with Gasteiger partial charge in [-0.25, -0.2) is 0 Å². The zero-order valence-electron chi connectivity index (χ0n) is 20.1. The summed E-state index contributed by atoms with van der Waals surface area (Å²) in [4.78, 5) is 2.47. The van der Waals surface area contributed by atoms with Crippen LogP contribution in [0.1, 0.15) is 27.8 Å². The molecule has 36 heavy (non-hydrogen) atoms. The number of nitrogens with zero attached hydrogens (tertiary/aromatic N) is 1. The summed E-state index contributed by atoms with van der Waals surface area (Å²) in [5.41, 5.74) is 3.67. The van der Waals surface area contributed by atoms with Crippen LogP contribution in [0.2, 0.25) is 0 Å². The number of aliphatic hydroxyl groups is 1. The smallest absolute Gasteiger partial charge is 0.131 e. The second-order valence-electron chi connectivity index (χ2n) is 9.48. The van der Waals surface area contributed by atoms with Gasteiger partial charge in [-0.15, -0.1) is 0 Å². The van der Waals surface area contributed by atoms with Crippen molar-refractivity contribution in [3.63, 3.8) is 0 Å². The van der Waals surface area contributed by atoms with Crippen molar-refractivity contribution in [2.75, 3.05) is 6.54 Å². The molecule has 2 atom stereocenters. The Morgan fingerprint density at radius 2 is 0.722 bits per heavy atom. The molecule has 0 bridgehead atoms. The Morgan fingerprint density at radius 1 is 0.444 bits per heavy atom. The minimum atomic E-state index is -1.16. The molecule has 0 spiro atoms. The third-order valence-corrected chi connectivity index (χ3v) is 7.53. The number of benzene rings is 5. The van der Waals surface area contributed by atoms with Crippen molar-refractivity contribution in [1.29, 1.82) is 0 Å². The van der Waals surface area contributed by atoms with Crippen LogP contribution in [-0.2, 0) is 11.1 Å². The lowest BCUT2D eigenvalue weighted by atomic mass is 9.76. The van der Waals surface area contributed by atoms with Gasteiger partial charge >= 0.3 is 0 Å². The predicted octanol–water partition coefficient (Wildman–Crippen LogP) is 6.60. The van der Waals surface area contributed by atoms with Crippen LogP contribution in [-0.4, -0.2) is 22.6 Å². The van der Waals surface area contributed by atoms with E-state index >= 15 is 0 Å². The maximum atomic E-state index is 12.6. The fourth-order valence-corrected chi connectivity index (χ4v) is 5.84. The van der Waals surface area contributed by atoms with Crippen molar-refractivity contribution in [2.24, 2.45) is 0 Å². The molecule has 1 saturated heterocycles. The second-order valence-corrected chi connectivity index (χ2v) is 9.48. The SMILES string of the molecule is OC(c1ccccc1)(c1ccccc1)[C@@H]1CN1C(c1ccccc1)(c1ccccc1)c1ccccc1. The minimum Gasteiger partial charge on any atom is -0.379 e. The number of hydrogen-bond acceptors (Lipinski definition) is 2. The molecule has 1 N–H and O–H groups in total. The van der Waals surface area contributed by atoms with E-state index in [9.17, 15) is 5.11 Å². The van der Waals surface area contributed by atoms with E-state index in [0.717, 1.165) is 17.7 Å². The Bertz CT molecular complexity index is 1270. The predicted molar refractivity (Wildman–Crippen MR) is 146 cm³/mol. The molecule has 1 heterocycles. The molecular formula is C34H29NO. The first-order valence-electron chi connectivity index (χ1n) is 12.5. The molecular weight excluding hydrogens is 438 g/mol. The molecule has 2 nitrogen and oxygen atoms in total. The Kier molecular flexibility index (Phi) is 5.77. The molecule has 0 aliphatic carbocycles. The molecule has 2 heteroatoms. The van der Waals surface area contributed by atoms with Crippen LogP contribution in [0.5, 0.6) is 0 Å². The van der Waals surface area contributed by atoms with Gasteiger partial charge in [0.05, 0.1) is 11.6 Å². The topological polar surface area (TPSA) is 23.2 Å². The normalized spacial score (nSPS) is 17.5. The van der Waals surface area contributed by atoms with Crippen LogP contribution in [0.25, 0.3) is 0 Å². The van der Waals surface area contributed by atoms with Crippen LogP contribution in [0.15, 0.2) is 152 Å². The van der Waals surface area contributed by atoms with Gasteiger partial charge in [0.1, 0.15) is 5.60 Å². The highest BCUT2D eigenvalue weighted by atomic mass is 16.3. The molecule has 5 aromatic carbocycles. The van der Waals surface area contributed by atoms with E-state index < -0.39 is 11.1 Å². The van der Waals surface area contributed by atoms with Crippen LogP contribution >= 0.6 is 0 Å². The quantitative estimate of drug-likeness (QED) is 0.215. The summed E-state index contributed by atoms with van der Waals surface area (Å²) in [7, 11) is 0. The van der Waals surface area contributed by atoms with Gasteiger partial charge < -0.3 is 5.11 Å². The highest BCUT2D eigenvalue weighted by Gasteiger charge is 2.61. The second kappa shape index (κ2) is 9.23. The van der Waals surface area contributed by atoms with E-state index in [1.165, 1.54) is 16.7 Å². The van der Waals surface area contributed by atoms with E-state index in [0.29, 0.717) is 0 Å². The van der Waals surface area contributed by atoms with E-state index in [4.69, 9.17) is 0 Å². The Hall–Kier alpha value is -3.98. The maximum absolute atomic E-state index is 12.6. The summed E-state index contributed by atoms with van der Waals surface area (Å²) in [6, 6.07) is 52.2. The monoisotopic (exact) mass is 467 g/mol. The standard InChI is InChI=1S/C34H29NO/c36-34(30-22-12-4-13-23-30,31-24-14-5-15-25-31)32-26-35(32)33(27-16-6-1-7-17-27,28-18-8-2-9-19-28)29-20-10-3-11-21-29/h1-25,32,36H,26H2/t32-,35?/m0/s1. The molecule has 0 radical (unpaired) electrons. The third kappa shape index (κ3) is 3.58. The highest BCUT2D eigenvalue weighted by molar-refractivity contribution is 5.53. The molecule has 0 amide bonds. The van der Waals surface area contributed by atoms with Gasteiger partial charge in [0.2, 0.25) is 0 Å². The summed E-state index contributed by atoms with van der Waals surface area (Å²) in [5.74, 6) is 0. The molecule has 1 unspecified atom stereocenters.